The van der Waals surface area contributed by atoms with E-state index in [2.05, 4.69) is 17.3 Å². The lowest BCUT2D eigenvalue weighted by Gasteiger charge is -2.32. The molecular weight excluding hydrogens is 192 g/mol. The molecule has 0 saturated carbocycles. The second kappa shape index (κ2) is 4.78. The third-order valence-corrected chi connectivity index (χ3v) is 3.47. The molecule has 0 aromatic carbocycles. The van der Waals surface area contributed by atoms with Gasteiger partial charge in [-0.2, -0.15) is 0 Å². The Morgan fingerprint density at radius 1 is 1.47 bits per heavy atom. The summed E-state index contributed by atoms with van der Waals surface area (Å²) in [7, 11) is 4.12. The zero-order chi connectivity index (χ0) is 10.7. The molecule has 2 fully saturated rings. The van der Waals surface area contributed by atoms with E-state index in [1.54, 1.807) is 0 Å². The molecule has 88 valence electrons. The van der Waals surface area contributed by atoms with Crippen LogP contribution in [0.1, 0.15) is 12.8 Å². The van der Waals surface area contributed by atoms with Crippen LogP contribution < -0.4 is 5.32 Å². The van der Waals surface area contributed by atoms with Crippen molar-refractivity contribution in [2.75, 3.05) is 46.9 Å². The lowest BCUT2D eigenvalue weighted by molar-refractivity contribution is -0.0937. The molecular formula is C11H22N2O2. The minimum atomic E-state index is -0.210. The Balaban J connectivity index is 1.76. The van der Waals surface area contributed by atoms with Crippen molar-refractivity contribution in [3.63, 3.8) is 0 Å². The van der Waals surface area contributed by atoms with Gasteiger partial charge in [0.25, 0.3) is 0 Å². The van der Waals surface area contributed by atoms with Gasteiger partial charge in [0.05, 0.1) is 6.61 Å². The molecule has 0 aliphatic carbocycles. The van der Waals surface area contributed by atoms with Crippen LogP contribution in [0.15, 0.2) is 0 Å². The van der Waals surface area contributed by atoms with Crippen LogP contribution in [0.4, 0.5) is 0 Å². The molecule has 0 aromatic rings. The Labute approximate surface area is 91.9 Å². The number of nitrogens with zero attached hydrogens (tertiary/aromatic N) is 1. The summed E-state index contributed by atoms with van der Waals surface area (Å²) in [6.45, 7) is 4.79. The number of hydrogen-bond donors (Lipinski definition) is 1. The van der Waals surface area contributed by atoms with Crippen molar-refractivity contribution in [3.05, 3.63) is 0 Å². The highest BCUT2D eigenvalue weighted by atomic mass is 16.8. The summed E-state index contributed by atoms with van der Waals surface area (Å²) >= 11 is 0. The van der Waals surface area contributed by atoms with Gasteiger partial charge < -0.3 is 19.7 Å². The van der Waals surface area contributed by atoms with Gasteiger partial charge in [0.1, 0.15) is 6.61 Å². The summed E-state index contributed by atoms with van der Waals surface area (Å²) in [5.41, 5.74) is 0. The van der Waals surface area contributed by atoms with E-state index in [1.807, 2.05) is 7.05 Å². The number of piperidine rings is 1. The van der Waals surface area contributed by atoms with Crippen molar-refractivity contribution in [2.45, 2.75) is 18.6 Å². The van der Waals surface area contributed by atoms with Crippen LogP contribution in [0.5, 0.6) is 0 Å². The fraction of sp³-hybridized carbons (Fsp3) is 1.00. The largest absolute Gasteiger partial charge is 0.346 e. The van der Waals surface area contributed by atoms with E-state index in [4.69, 9.17) is 9.47 Å². The molecule has 0 spiro atoms. The van der Waals surface area contributed by atoms with Gasteiger partial charge in [-0.15, -0.1) is 0 Å². The normalized spacial score (nSPS) is 33.2. The number of ether oxygens (including phenoxy) is 2. The van der Waals surface area contributed by atoms with Gasteiger partial charge in [0.2, 0.25) is 0 Å². The zero-order valence-corrected chi connectivity index (χ0v) is 9.79. The summed E-state index contributed by atoms with van der Waals surface area (Å²) in [6, 6.07) is 0. The maximum atomic E-state index is 5.85. The van der Waals surface area contributed by atoms with Crippen LogP contribution in [0.2, 0.25) is 0 Å². The summed E-state index contributed by atoms with van der Waals surface area (Å²) in [6.07, 6.45) is 2.41. The second-order valence-corrected chi connectivity index (χ2v) is 4.63. The Morgan fingerprint density at radius 3 is 2.67 bits per heavy atom. The van der Waals surface area contributed by atoms with E-state index in [0.717, 1.165) is 19.8 Å². The number of likely N-dealkylation sites (tertiary alicyclic amines) is 1. The first-order chi connectivity index (χ1) is 7.27. The molecule has 2 aliphatic rings. The minimum absolute atomic E-state index is 0.210. The highest BCUT2D eigenvalue weighted by molar-refractivity contribution is 4.92. The quantitative estimate of drug-likeness (QED) is 0.527. The molecule has 0 radical (unpaired) electrons. The third kappa shape index (κ3) is 2.69. The summed E-state index contributed by atoms with van der Waals surface area (Å²) in [5, 5.41) is 3.09. The van der Waals surface area contributed by atoms with Crippen LogP contribution in [-0.4, -0.2) is 57.6 Å². The molecule has 1 atom stereocenters. The molecule has 4 heteroatoms. The predicted octanol–water partition coefficient (Wildman–Crippen LogP) is 0.291. The maximum Gasteiger partial charge on any atom is 0.195 e. The van der Waals surface area contributed by atoms with Crippen LogP contribution >= 0.6 is 0 Å². The molecule has 0 amide bonds. The van der Waals surface area contributed by atoms with Crippen LogP contribution in [0.3, 0.4) is 0 Å². The monoisotopic (exact) mass is 214 g/mol. The summed E-state index contributed by atoms with van der Waals surface area (Å²) in [4.78, 5) is 2.38. The molecule has 1 unspecified atom stereocenters. The molecule has 4 nitrogen and oxygen atoms in total. The molecule has 2 heterocycles. The van der Waals surface area contributed by atoms with Crippen molar-refractivity contribution in [1.82, 2.24) is 10.2 Å². The molecule has 2 rings (SSSR count). The number of hydrogen-bond acceptors (Lipinski definition) is 4. The highest BCUT2D eigenvalue weighted by Crippen LogP contribution is 2.41. The standard InChI is InChI=1S/C11H22N2O2/c1-12-5-8-14-11(9-15-11)10-3-6-13(2)7-4-10/h10,12H,3-9H2,1-2H3. The SMILES string of the molecule is CNCCOC1(C2CCN(C)CC2)CO1. The molecule has 2 aliphatic heterocycles. The Morgan fingerprint density at radius 2 is 2.13 bits per heavy atom. The van der Waals surface area contributed by atoms with Crippen molar-refractivity contribution in [2.24, 2.45) is 5.92 Å². The number of likely N-dealkylation sites (N-methyl/N-ethyl adjacent to an activating group) is 1. The predicted molar refractivity (Wildman–Crippen MR) is 58.8 cm³/mol. The van der Waals surface area contributed by atoms with Crippen LogP contribution in [0, 0.1) is 5.92 Å². The van der Waals surface area contributed by atoms with E-state index in [-0.39, 0.29) is 5.79 Å². The van der Waals surface area contributed by atoms with E-state index < -0.39 is 0 Å². The Bertz CT molecular complexity index is 199. The molecule has 15 heavy (non-hydrogen) atoms. The molecule has 1 N–H and O–H groups in total. The Kier molecular flexibility index (Phi) is 3.61. The first-order valence-corrected chi connectivity index (χ1v) is 5.88. The fourth-order valence-corrected chi connectivity index (χ4v) is 2.28. The van der Waals surface area contributed by atoms with Gasteiger partial charge in [0, 0.05) is 12.5 Å². The first kappa shape index (κ1) is 11.3. The van der Waals surface area contributed by atoms with Crippen LogP contribution in [0.25, 0.3) is 0 Å². The fourth-order valence-electron chi connectivity index (χ4n) is 2.28. The van der Waals surface area contributed by atoms with E-state index in [0.29, 0.717) is 5.92 Å². The lowest BCUT2D eigenvalue weighted by Crippen LogP contribution is -2.39. The van der Waals surface area contributed by atoms with Gasteiger partial charge >= 0.3 is 0 Å². The van der Waals surface area contributed by atoms with Crippen molar-refractivity contribution in [1.29, 1.82) is 0 Å². The van der Waals surface area contributed by atoms with Gasteiger partial charge in [-0.1, -0.05) is 0 Å². The summed E-state index contributed by atoms with van der Waals surface area (Å²) in [5.74, 6) is 0.392. The summed E-state index contributed by atoms with van der Waals surface area (Å²) < 4.78 is 11.4. The van der Waals surface area contributed by atoms with E-state index in [9.17, 15) is 0 Å². The highest BCUT2D eigenvalue weighted by Gasteiger charge is 2.53. The molecule has 2 saturated heterocycles. The van der Waals surface area contributed by atoms with E-state index in [1.165, 1.54) is 25.9 Å². The van der Waals surface area contributed by atoms with Crippen molar-refractivity contribution >= 4 is 0 Å². The minimum Gasteiger partial charge on any atom is -0.346 e. The Hall–Kier alpha value is -0.160. The topological polar surface area (TPSA) is 37.0 Å². The first-order valence-electron chi connectivity index (χ1n) is 5.88. The van der Waals surface area contributed by atoms with Gasteiger partial charge in [-0.05, 0) is 40.0 Å². The number of rotatable bonds is 5. The third-order valence-electron chi connectivity index (χ3n) is 3.47. The zero-order valence-electron chi connectivity index (χ0n) is 9.79. The maximum absolute atomic E-state index is 5.85. The van der Waals surface area contributed by atoms with Gasteiger partial charge in [0.15, 0.2) is 5.79 Å². The molecule has 0 bridgehead atoms. The van der Waals surface area contributed by atoms with Crippen molar-refractivity contribution in [3.8, 4) is 0 Å². The molecule has 0 aromatic heterocycles. The average molecular weight is 214 g/mol. The second-order valence-electron chi connectivity index (χ2n) is 4.63. The lowest BCUT2D eigenvalue weighted by atomic mass is 9.91. The smallest absolute Gasteiger partial charge is 0.195 e. The number of epoxide rings is 1. The van der Waals surface area contributed by atoms with Crippen molar-refractivity contribution < 1.29 is 9.47 Å². The van der Waals surface area contributed by atoms with E-state index >= 15 is 0 Å². The van der Waals surface area contributed by atoms with Gasteiger partial charge in [-0.3, -0.25) is 0 Å². The van der Waals surface area contributed by atoms with Gasteiger partial charge in [-0.25, -0.2) is 0 Å². The van der Waals surface area contributed by atoms with Crippen LogP contribution in [-0.2, 0) is 9.47 Å². The average Bonchev–Trinajstić information content (AvgIpc) is 3.00. The number of nitrogens with one attached hydrogen (secondary N) is 1.